The molecular formula is C13H14N2O4S. The molecule has 0 aliphatic carbocycles. The first-order valence-electron chi connectivity index (χ1n) is 6.41. The first-order chi connectivity index (χ1) is 9.49. The molecule has 1 saturated heterocycles. The summed E-state index contributed by atoms with van der Waals surface area (Å²) in [6, 6.07) is 3.12. The van der Waals surface area contributed by atoms with Crippen LogP contribution in [0.5, 0.6) is 0 Å². The number of rotatable bonds is 2. The monoisotopic (exact) mass is 294 g/mol. The average molecular weight is 294 g/mol. The van der Waals surface area contributed by atoms with E-state index in [9.17, 15) is 13.2 Å². The van der Waals surface area contributed by atoms with E-state index in [2.05, 4.69) is 4.98 Å². The third-order valence-electron chi connectivity index (χ3n) is 3.67. The number of imidazole rings is 1. The zero-order chi connectivity index (χ0) is 14.3. The van der Waals surface area contributed by atoms with Crippen molar-refractivity contribution in [2.45, 2.75) is 24.5 Å². The van der Waals surface area contributed by atoms with Crippen LogP contribution in [0.15, 0.2) is 24.5 Å². The molecule has 20 heavy (non-hydrogen) atoms. The topological polar surface area (TPSA) is 88.7 Å². The molecule has 1 fully saturated rings. The van der Waals surface area contributed by atoms with Gasteiger partial charge in [0.2, 0.25) is 0 Å². The summed E-state index contributed by atoms with van der Waals surface area (Å²) in [7, 11) is -3.20. The molecule has 0 aromatic carbocycles. The normalized spacial score (nSPS) is 21.9. The summed E-state index contributed by atoms with van der Waals surface area (Å²) in [6.07, 6.45) is 5.08. The van der Waals surface area contributed by atoms with Crippen molar-refractivity contribution in [2.24, 2.45) is 0 Å². The predicted octanol–water partition coefficient (Wildman–Crippen LogP) is 1.67. The maximum atomic E-state index is 12.2. The first kappa shape index (κ1) is 13.1. The van der Waals surface area contributed by atoms with E-state index < -0.39 is 21.1 Å². The number of aromatic carboxylic acids is 1. The Balaban J connectivity index is 2.16. The number of nitrogens with zero attached hydrogens (tertiary/aromatic N) is 2. The summed E-state index contributed by atoms with van der Waals surface area (Å²) in [5.41, 5.74) is 0.815. The van der Waals surface area contributed by atoms with E-state index in [1.165, 1.54) is 12.3 Å². The van der Waals surface area contributed by atoms with Crippen molar-refractivity contribution in [1.29, 1.82) is 0 Å². The molecule has 0 radical (unpaired) electrons. The van der Waals surface area contributed by atoms with Crippen LogP contribution in [0.3, 0.4) is 0 Å². The summed E-state index contributed by atoms with van der Waals surface area (Å²) in [6.45, 7) is 0. The highest BCUT2D eigenvalue weighted by Crippen LogP contribution is 2.33. The second-order valence-corrected chi connectivity index (χ2v) is 7.29. The van der Waals surface area contributed by atoms with Gasteiger partial charge in [0.15, 0.2) is 9.84 Å². The maximum Gasteiger partial charge on any atom is 0.337 e. The number of hydrogen-bond acceptors (Lipinski definition) is 4. The SMILES string of the molecule is O=C(O)c1ccc2cnc(C3CCCCS3(=O)=O)n2c1. The molecule has 1 N–H and O–H groups in total. The van der Waals surface area contributed by atoms with Crippen molar-refractivity contribution in [1.82, 2.24) is 9.38 Å². The average Bonchev–Trinajstić information content (AvgIpc) is 2.81. The minimum absolute atomic E-state index is 0.116. The van der Waals surface area contributed by atoms with Gasteiger partial charge in [-0.1, -0.05) is 6.42 Å². The van der Waals surface area contributed by atoms with Gasteiger partial charge in [-0.25, -0.2) is 18.2 Å². The van der Waals surface area contributed by atoms with Crippen molar-refractivity contribution in [3.63, 3.8) is 0 Å². The highest BCUT2D eigenvalue weighted by Gasteiger charge is 2.33. The lowest BCUT2D eigenvalue weighted by atomic mass is 10.2. The molecule has 2 aromatic heterocycles. The zero-order valence-corrected chi connectivity index (χ0v) is 11.5. The van der Waals surface area contributed by atoms with Crippen molar-refractivity contribution in [3.05, 3.63) is 35.9 Å². The lowest BCUT2D eigenvalue weighted by Gasteiger charge is -2.21. The Kier molecular flexibility index (Phi) is 3.01. The number of carbonyl (C=O) groups is 1. The Morgan fingerprint density at radius 1 is 1.35 bits per heavy atom. The fourth-order valence-corrected chi connectivity index (χ4v) is 4.53. The molecule has 106 valence electrons. The van der Waals surface area contributed by atoms with Crippen LogP contribution in [0, 0.1) is 0 Å². The quantitative estimate of drug-likeness (QED) is 0.910. The van der Waals surface area contributed by atoms with Crippen LogP contribution in [-0.4, -0.2) is 34.6 Å². The first-order valence-corrected chi connectivity index (χ1v) is 8.12. The third kappa shape index (κ3) is 2.07. The zero-order valence-electron chi connectivity index (χ0n) is 10.7. The van der Waals surface area contributed by atoms with Crippen LogP contribution in [-0.2, 0) is 9.84 Å². The molecule has 1 aliphatic rings. The fraction of sp³-hybridized carbons (Fsp3) is 0.385. The third-order valence-corrected chi connectivity index (χ3v) is 5.84. The Labute approximate surface area is 116 Å². The summed E-state index contributed by atoms with van der Waals surface area (Å²) >= 11 is 0. The van der Waals surface area contributed by atoms with Gasteiger partial charge >= 0.3 is 5.97 Å². The molecule has 3 rings (SSSR count). The van der Waals surface area contributed by atoms with E-state index in [1.807, 2.05) is 0 Å². The molecule has 1 atom stereocenters. The van der Waals surface area contributed by atoms with Gasteiger partial charge in [-0.15, -0.1) is 0 Å². The molecule has 3 heterocycles. The molecule has 0 spiro atoms. The minimum Gasteiger partial charge on any atom is -0.478 e. The Hall–Kier alpha value is -1.89. The van der Waals surface area contributed by atoms with Gasteiger partial charge in [0.05, 0.1) is 23.0 Å². The summed E-state index contributed by atoms with van der Waals surface area (Å²) in [4.78, 5) is 15.2. The number of hydrogen-bond donors (Lipinski definition) is 1. The lowest BCUT2D eigenvalue weighted by molar-refractivity contribution is 0.0696. The Morgan fingerprint density at radius 2 is 2.15 bits per heavy atom. The minimum atomic E-state index is -3.20. The van der Waals surface area contributed by atoms with Crippen LogP contribution in [0.1, 0.15) is 40.7 Å². The number of carboxylic acids is 1. The van der Waals surface area contributed by atoms with E-state index in [0.29, 0.717) is 24.2 Å². The van der Waals surface area contributed by atoms with Crippen molar-refractivity contribution in [2.75, 3.05) is 5.75 Å². The highest BCUT2D eigenvalue weighted by atomic mass is 32.2. The van der Waals surface area contributed by atoms with Crippen LogP contribution >= 0.6 is 0 Å². The number of sulfone groups is 1. The van der Waals surface area contributed by atoms with Gasteiger partial charge in [0.1, 0.15) is 11.1 Å². The Morgan fingerprint density at radius 3 is 2.85 bits per heavy atom. The highest BCUT2D eigenvalue weighted by molar-refractivity contribution is 7.91. The largest absolute Gasteiger partial charge is 0.478 e. The molecule has 7 heteroatoms. The van der Waals surface area contributed by atoms with Gasteiger partial charge in [-0.3, -0.25) is 0 Å². The molecule has 1 aliphatic heterocycles. The van der Waals surface area contributed by atoms with Crippen LogP contribution in [0.4, 0.5) is 0 Å². The van der Waals surface area contributed by atoms with E-state index in [-0.39, 0.29) is 11.3 Å². The predicted molar refractivity (Wildman–Crippen MR) is 72.5 cm³/mol. The summed E-state index contributed by atoms with van der Waals surface area (Å²) in [5.74, 6) is -0.452. The fourth-order valence-electron chi connectivity index (χ4n) is 2.62. The standard InChI is InChI=1S/C13H14N2O4S/c16-13(17)9-4-5-10-7-14-12(15(10)8-9)11-3-1-2-6-20(11,18)19/h4-5,7-8,11H,1-3,6H2,(H,16,17). The Bertz CT molecular complexity index is 779. The number of fused-ring (bicyclic) bond motifs is 1. The number of aromatic nitrogens is 2. The van der Waals surface area contributed by atoms with E-state index >= 15 is 0 Å². The summed E-state index contributed by atoms with van der Waals surface area (Å²) < 4.78 is 25.9. The van der Waals surface area contributed by atoms with Crippen molar-refractivity contribution < 1.29 is 18.3 Å². The van der Waals surface area contributed by atoms with Gasteiger partial charge in [-0.05, 0) is 25.0 Å². The maximum absolute atomic E-state index is 12.2. The second-order valence-electron chi connectivity index (χ2n) is 4.99. The number of pyridine rings is 1. The molecule has 2 aromatic rings. The van der Waals surface area contributed by atoms with Crippen molar-refractivity contribution >= 4 is 21.3 Å². The summed E-state index contributed by atoms with van der Waals surface area (Å²) in [5, 5.41) is 8.40. The van der Waals surface area contributed by atoms with E-state index in [1.54, 1.807) is 16.7 Å². The van der Waals surface area contributed by atoms with E-state index in [4.69, 9.17) is 5.11 Å². The van der Waals surface area contributed by atoms with Crippen molar-refractivity contribution in [3.8, 4) is 0 Å². The smallest absolute Gasteiger partial charge is 0.337 e. The number of carboxylic acid groups (broad SMARTS) is 1. The van der Waals surface area contributed by atoms with Gasteiger partial charge in [-0.2, -0.15) is 0 Å². The molecule has 0 amide bonds. The van der Waals surface area contributed by atoms with Crippen LogP contribution in [0.25, 0.3) is 5.52 Å². The van der Waals surface area contributed by atoms with E-state index in [0.717, 1.165) is 6.42 Å². The second kappa shape index (κ2) is 4.59. The van der Waals surface area contributed by atoms with Gasteiger partial charge in [0.25, 0.3) is 0 Å². The molecule has 0 saturated carbocycles. The molecule has 0 bridgehead atoms. The lowest BCUT2D eigenvalue weighted by Crippen LogP contribution is -2.23. The molecular weight excluding hydrogens is 280 g/mol. The van der Waals surface area contributed by atoms with Crippen LogP contribution < -0.4 is 0 Å². The van der Waals surface area contributed by atoms with Crippen LogP contribution in [0.2, 0.25) is 0 Å². The molecule has 1 unspecified atom stereocenters. The molecule has 6 nitrogen and oxygen atoms in total. The van der Waals surface area contributed by atoms with Gasteiger partial charge < -0.3 is 9.51 Å². The van der Waals surface area contributed by atoms with Gasteiger partial charge in [0, 0.05) is 6.20 Å².